The molecule has 0 bridgehead atoms. The molecule has 0 atom stereocenters. The number of nitrogens with zero attached hydrogens (tertiary/aromatic N) is 1. The Morgan fingerprint density at radius 3 is 2.94 bits per heavy atom. The molecule has 0 unspecified atom stereocenters. The van der Waals surface area contributed by atoms with E-state index in [2.05, 4.69) is 4.98 Å². The molecule has 4 heteroatoms. The molecule has 0 saturated heterocycles. The number of aryl methyl sites for hydroxylation is 2. The van der Waals surface area contributed by atoms with Crippen LogP contribution >= 0.6 is 0 Å². The summed E-state index contributed by atoms with van der Waals surface area (Å²) in [5.74, 6) is 2.33. The van der Waals surface area contributed by atoms with Gasteiger partial charge in [-0.1, -0.05) is 18.2 Å². The Bertz CT molecular complexity index is 494. The molecule has 1 aromatic heterocycles. The second kappa shape index (κ2) is 6.21. The van der Waals surface area contributed by atoms with Crippen LogP contribution in [0.2, 0.25) is 0 Å². The van der Waals surface area contributed by atoms with Gasteiger partial charge in [-0.05, 0) is 31.5 Å². The first kappa shape index (κ1) is 12.6. The van der Waals surface area contributed by atoms with Crippen LogP contribution in [0.15, 0.2) is 34.9 Å². The van der Waals surface area contributed by atoms with E-state index in [1.165, 1.54) is 0 Å². The number of hydrogen-bond acceptors (Lipinski definition) is 4. The molecule has 0 aliphatic rings. The van der Waals surface area contributed by atoms with Gasteiger partial charge in [0, 0.05) is 6.42 Å². The number of aromatic nitrogens is 1. The van der Waals surface area contributed by atoms with Gasteiger partial charge < -0.3 is 14.9 Å². The Hall–Kier alpha value is -1.81. The van der Waals surface area contributed by atoms with Crippen LogP contribution in [0.3, 0.4) is 0 Å². The molecule has 2 rings (SSSR count). The highest BCUT2D eigenvalue weighted by Gasteiger charge is 2.05. The fourth-order valence-corrected chi connectivity index (χ4v) is 1.66. The fourth-order valence-electron chi connectivity index (χ4n) is 1.66. The Morgan fingerprint density at radius 1 is 1.33 bits per heavy atom. The molecule has 0 spiro atoms. The van der Waals surface area contributed by atoms with Crippen LogP contribution < -0.4 is 10.5 Å². The molecule has 2 N–H and O–H groups in total. The third-order valence-electron chi connectivity index (χ3n) is 2.67. The van der Waals surface area contributed by atoms with E-state index in [4.69, 9.17) is 14.9 Å². The molecule has 0 aliphatic heterocycles. The van der Waals surface area contributed by atoms with Gasteiger partial charge in [0.1, 0.15) is 11.5 Å². The summed E-state index contributed by atoms with van der Waals surface area (Å²) in [5.41, 5.74) is 6.55. The van der Waals surface area contributed by atoms with Gasteiger partial charge in [0.05, 0.1) is 6.20 Å². The number of nitrogens with two attached hydrogens (primary N) is 1. The highest BCUT2D eigenvalue weighted by Crippen LogP contribution is 2.18. The SMILES string of the molecule is Cc1ccccc1OCc1ncc(CCCN)o1. The monoisotopic (exact) mass is 246 g/mol. The van der Waals surface area contributed by atoms with E-state index in [0.717, 1.165) is 29.9 Å². The number of rotatable bonds is 6. The number of para-hydroxylation sites is 1. The Balaban J connectivity index is 1.90. The lowest BCUT2D eigenvalue weighted by molar-refractivity contribution is 0.257. The first-order valence-electron chi connectivity index (χ1n) is 6.11. The van der Waals surface area contributed by atoms with E-state index < -0.39 is 0 Å². The number of oxazole rings is 1. The van der Waals surface area contributed by atoms with Gasteiger partial charge in [-0.15, -0.1) is 0 Å². The zero-order valence-corrected chi connectivity index (χ0v) is 10.6. The number of ether oxygens (including phenoxy) is 1. The normalized spacial score (nSPS) is 10.6. The van der Waals surface area contributed by atoms with Crippen molar-refractivity contribution >= 4 is 0 Å². The zero-order valence-electron chi connectivity index (χ0n) is 10.6. The standard InChI is InChI=1S/C14H18N2O2/c1-11-5-2-3-7-13(11)17-10-14-16-9-12(18-14)6-4-8-15/h2-3,5,7,9H,4,6,8,10,15H2,1H3. The van der Waals surface area contributed by atoms with Crippen molar-refractivity contribution in [2.45, 2.75) is 26.4 Å². The van der Waals surface area contributed by atoms with Crippen LogP contribution in [0.5, 0.6) is 5.75 Å². The molecule has 4 nitrogen and oxygen atoms in total. The van der Waals surface area contributed by atoms with Crippen LogP contribution in [-0.4, -0.2) is 11.5 Å². The first-order chi connectivity index (χ1) is 8.79. The number of benzene rings is 1. The van der Waals surface area contributed by atoms with Crippen LogP contribution in [0, 0.1) is 6.92 Å². The molecule has 0 fully saturated rings. The first-order valence-corrected chi connectivity index (χ1v) is 6.11. The molecule has 18 heavy (non-hydrogen) atoms. The zero-order chi connectivity index (χ0) is 12.8. The van der Waals surface area contributed by atoms with E-state index in [-0.39, 0.29) is 0 Å². The van der Waals surface area contributed by atoms with Gasteiger partial charge in [-0.25, -0.2) is 4.98 Å². The summed E-state index contributed by atoms with van der Waals surface area (Å²) in [7, 11) is 0. The molecular formula is C14H18N2O2. The fraction of sp³-hybridized carbons (Fsp3) is 0.357. The Kier molecular flexibility index (Phi) is 4.36. The third kappa shape index (κ3) is 3.34. The number of hydrogen-bond donors (Lipinski definition) is 1. The molecule has 0 amide bonds. The maximum Gasteiger partial charge on any atom is 0.232 e. The summed E-state index contributed by atoms with van der Waals surface area (Å²) in [6.07, 6.45) is 3.48. The van der Waals surface area contributed by atoms with Gasteiger partial charge >= 0.3 is 0 Å². The summed E-state index contributed by atoms with van der Waals surface area (Å²) in [4.78, 5) is 4.18. The van der Waals surface area contributed by atoms with Crippen molar-refractivity contribution in [2.75, 3.05) is 6.54 Å². The predicted molar refractivity (Wildman–Crippen MR) is 69.4 cm³/mol. The molecule has 96 valence electrons. The maximum atomic E-state index is 5.66. The minimum atomic E-state index is 0.355. The average Bonchev–Trinajstić information content (AvgIpc) is 2.83. The lowest BCUT2D eigenvalue weighted by Gasteiger charge is -2.06. The maximum absolute atomic E-state index is 5.66. The smallest absolute Gasteiger partial charge is 0.232 e. The molecule has 1 aromatic carbocycles. The highest BCUT2D eigenvalue weighted by atomic mass is 16.5. The lowest BCUT2D eigenvalue weighted by Crippen LogP contribution is -1.99. The van der Waals surface area contributed by atoms with Crippen LogP contribution in [-0.2, 0) is 13.0 Å². The van der Waals surface area contributed by atoms with E-state index in [1.54, 1.807) is 6.20 Å². The van der Waals surface area contributed by atoms with Crippen molar-refractivity contribution in [3.63, 3.8) is 0 Å². The van der Waals surface area contributed by atoms with Crippen molar-refractivity contribution in [3.8, 4) is 5.75 Å². The average molecular weight is 246 g/mol. The van der Waals surface area contributed by atoms with Crippen LogP contribution in [0.1, 0.15) is 23.6 Å². The van der Waals surface area contributed by atoms with Crippen LogP contribution in [0.4, 0.5) is 0 Å². The highest BCUT2D eigenvalue weighted by molar-refractivity contribution is 5.31. The second-order valence-electron chi connectivity index (χ2n) is 4.17. The third-order valence-corrected chi connectivity index (χ3v) is 2.67. The molecule has 0 aliphatic carbocycles. The molecule has 0 saturated carbocycles. The summed E-state index contributed by atoms with van der Waals surface area (Å²) in [6, 6.07) is 7.88. The topological polar surface area (TPSA) is 61.3 Å². The summed E-state index contributed by atoms with van der Waals surface area (Å²) in [6.45, 7) is 3.03. The van der Waals surface area contributed by atoms with Crippen molar-refractivity contribution < 1.29 is 9.15 Å². The quantitative estimate of drug-likeness (QED) is 0.850. The summed E-state index contributed by atoms with van der Waals surface area (Å²) in [5, 5.41) is 0. The minimum Gasteiger partial charge on any atom is -0.484 e. The van der Waals surface area contributed by atoms with Gasteiger partial charge in [-0.3, -0.25) is 0 Å². The van der Waals surface area contributed by atoms with Crippen LogP contribution in [0.25, 0.3) is 0 Å². The molecule has 1 heterocycles. The van der Waals surface area contributed by atoms with Gasteiger partial charge in [-0.2, -0.15) is 0 Å². The molecule has 0 radical (unpaired) electrons. The lowest BCUT2D eigenvalue weighted by atomic mass is 10.2. The summed E-state index contributed by atoms with van der Waals surface area (Å²) < 4.78 is 11.2. The van der Waals surface area contributed by atoms with E-state index in [0.29, 0.717) is 19.0 Å². The van der Waals surface area contributed by atoms with E-state index in [1.807, 2.05) is 31.2 Å². The second-order valence-corrected chi connectivity index (χ2v) is 4.17. The summed E-state index contributed by atoms with van der Waals surface area (Å²) >= 11 is 0. The van der Waals surface area contributed by atoms with E-state index >= 15 is 0 Å². The van der Waals surface area contributed by atoms with Gasteiger partial charge in [0.2, 0.25) is 5.89 Å². The predicted octanol–water partition coefficient (Wildman–Crippen LogP) is 2.45. The van der Waals surface area contributed by atoms with E-state index in [9.17, 15) is 0 Å². The molecular weight excluding hydrogens is 228 g/mol. The van der Waals surface area contributed by atoms with Crippen molar-refractivity contribution in [1.82, 2.24) is 4.98 Å². The molecule has 2 aromatic rings. The van der Waals surface area contributed by atoms with Crippen molar-refractivity contribution in [3.05, 3.63) is 47.7 Å². The Morgan fingerprint density at radius 2 is 2.17 bits per heavy atom. The van der Waals surface area contributed by atoms with Crippen molar-refractivity contribution in [1.29, 1.82) is 0 Å². The van der Waals surface area contributed by atoms with Gasteiger partial charge in [0.25, 0.3) is 0 Å². The van der Waals surface area contributed by atoms with Crippen molar-refractivity contribution in [2.24, 2.45) is 5.73 Å². The van der Waals surface area contributed by atoms with Gasteiger partial charge in [0.15, 0.2) is 6.61 Å². The largest absolute Gasteiger partial charge is 0.484 e. The Labute approximate surface area is 107 Å². The minimum absolute atomic E-state index is 0.355.